The minimum Gasteiger partial charge on any atom is -0.365 e. The third kappa shape index (κ3) is 3.24. The number of hydrogen-bond acceptors (Lipinski definition) is 5. The number of benzene rings is 2. The van der Waals surface area contributed by atoms with Crippen LogP contribution in [0.15, 0.2) is 65.5 Å². The molecule has 8 heteroatoms. The molecule has 0 spiro atoms. The number of halogens is 1. The number of fused-ring (bicyclic) bond motifs is 1. The SMILES string of the molecule is N#Cc1ccccc1Nc1c(C(N)=O)sc2c1ccc(=O)n2-c1ccc(F)cc1. The van der Waals surface area contributed by atoms with E-state index >= 15 is 0 Å². The number of nitrogens with one attached hydrogen (secondary N) is 1. The van der Waals surface area contributed by atoms with E-state index in [-0.39, 0.29) is 10.4 Å². The van der Waals surface area contributed by atoms with Crippen LogP contribution >= 0.6 is 11.3 Å². The Bertz CT molecular complexity index is 1350. The van der Waals surface area contributed by atoms with Crippen LogP contribution in [0.25, 0.3) is 15.9 Å². The largest absolute Gasteiger partial charge is 0.365 e. The van der Waals surface area contributed by atoms with E-state index < -0.39 is 11.7 Å². The van der Waals surface area contributed by atoms with Crippen molar-refractivity contribution < 1.29 is 9.18 Å². The molecule has 142 valence electrons. The van der Waals surface area contributed by atoms with Gasteiger partial charge in [0.1, 0.15) is 21.6 Å². The van der Waals surface area contributed by atoms with E-state index in [4.69, 9.17) is 5.73 Å². The zero-order chi connectivity index (χ0) is 20.5. The zero-order valence-corrected chi connectivity index (χ0v) is 15.7. The van der Waals surface area contributed by atoms with Crippen molar-refractivity contribution in [2.24, 2.45) is 5.73 Å². The summed E-state index contributed by atoms with van der Waals surface area (Å²) in [6.07, 6.45) is 0. The van der Waals surface area contributed by atoms with Crippen molar-refractivity contribution in [3.63, 3.8) is 0 Å². The Hall–Kier alpha value is -3.96. The molecule has 0 saturated carbocycles. The van der Waals surface area contributed by atoms with Gasteiger partial charge in [0.2, 0.25) is 0 Å². The van der Waals surface area contributed by atoms with Crippen LogP contribution in [0.1, 0.15) is 15.2 Å². The molecule has 29 heavy (non-hydrogen) atoms. The van der Waals surface area contributed by atoms with Gasteiger partial charge in [0, 0.05) is 11.5 Å². The smallest absolute Gasteiger partial charge is 0.261 e. The number of para-hydroxylation sites is 1. The average Bonchev–Trinajstić information content (AvgIpc) is 3.08. The third-order valence-corrected chi connectivity index (χ3v) is 5.56. The topological polar surface area (TPSA) is 101 Å². The lowest BCUT2D eigenvalue weighted by Gasteiger charge is -2.10. The van der Waals surface area contributed by atoms with E-state index in [1.807, 2.05) is 0 Å². The highest BCUT2D eigenvalue weighted by atomic mass is 32.1. The Kier molecular flexibility index (Phi) is 4.58. The first-order valence-corrected chi connectivity index (χ1v) is 9.31. The monoisotopic (exact) mass is 404 g/mol. The van der Waals surface area contributed by atoms with E-state index in [1.165, 1.54) is 34.9 Å². The van der Waals surface area contributed by atoms with Gasteiger partial charge in [-0.15, -0.1) is 11.3 Å². The van der Waals surface area contributed by atoms with Crippen molar-refractivity contribution >= 4 is 38.8 Å². The highest BCUT2D eigenvalue weighted by Crippen LogP contribution is 2.38. The summed E-state index contributed by atoms with van der Waals surface area (Å²) in [5, 5.41) is 13.0. The van der Waals surface area contributed by atoms with Crippen LogP contribution in [0.4, 0.5) is 15.8 Å². The molecule has 0 fully saturated rings. The van der Waals surface area contributed by atoms with Gasteiger partial charge in [0.15, 0.2) is 0 Å². The summed E-state index contributed by atoms with van der Waals surface area (Å²) in [7, 11) is 0. The summed E-state index contributed by atoms with van der Waals surface area (Å²) in [5.41, 5.74) is 7.03. The summed E-state index contributed by atoms with van der Waals surface area (Å²) in [4.78, 5) is 25.4. The maximum atomic E-state index is 13.3. The van der Waals surface area contributed by atoms with E-state index in [0.29, 0.717) is 32.8 Å². The molecule has 0 aliphatic carbocycles. The van der Waals surface area contributed by atoms with Gasteiger partial charge in [-0.05, 0) is 42.5 Å². The molecule has 2 heterocycles. The van der Waals surface area contributed by atoms with Gasteiger partial charge < -0.3 is 11.1 Å². The number of rotatable bonds is 4. The van der Waals surface area contributed by atoms with Crippen LogP contribution < -0.4 is 16.6 Å². The number of anilines is 2. The molecule has 1 amide bonds. The first-order chi connectivity index (χ1) is 14.0. The molecule has 0 radical (unpaired) electrons. The molecule has 4 rings (SSSR count). The molecule has 4 aromatic rings. The lowest BCUT2D eigenvalue weighted by Crippen LogP contribution is -2.16. The Labute approximate surface area is 168 Å². The number of hydrogen-bond donors (Lipinski definition) is 2. The minimum atomic E-state index is -0.666. The Morgan fingerprint density at radius 1 is 1.10 bits per heavy atom. The zero-order valence-electron chi connectivity index (χ0n) is 14.8. The van der Waals surface area contributed by atoms with Crippen LogP contribution in [0.5, 0.6) is 0 Å². The lowest BCUT2D eigenvalue weighted by molar-refractivity contribution is 0.100. The third-order valence-electron chi connectivity index (χ3n) is 4.36. The number of nitrogens with two attached hydrogens (primary N) is 1. The maximum absolute atomic E-state index is 13.3. The average molecular weight is 404 g/mol. The number of carbonyl (C=O) groups excluding carboxylic acids is 1. The summed E-state index contributed by atoms with van der Waals surface area (Å²) >= 11 is 1.05. The predicted molar refractivity (Wildman–Crippen MR) is 110 cm³/mol. The number of nitrogens with zero attached hydrogens (tertiary/aromatic N) is 2. The summed E-state index contributed by atoms with van der Waals surface area (Å²) in [6, 6.07) is 17.4. The summed E-state index contributed by atoms with van der Waals surface area (Å²) in [6.45, 7) is 0. The Morgan fingerprint density at radius 3 is 2.52 bits per heavy atom. The van der Waals surface area contributed by atoms with Crippen LogP contribution in [0, 0.1) is 17.1 Å². The molecule has 0 aliphatic rings. The molecule has 0 bridgehead atoms. The second-order valence-corrected chi connectivity index (χ2v) is 7.15. The Balaban J connectivity index is 1.98. The van der Waals surface area contributed by atoms with Crippen molar-refractivity contribution in [1.82, 2.24) is 4.57 Å². The standard InChI is InChI=1S/C21H13FN4O2S/c22-13-5-7-14(8-6-13)26-17(27)10-9-15-18(19(20(24)28)29-21(15)26)25-16-4-2-1-3-12(16)11-23/h1-10,25H,(H2,24,28). The second-order valence-electron chi connectivity index (χ2n) is 6.16. The molecule has 3 N–H and O–H groups in total. The number of aromatic nitrogens is 1. The molecular formula is C21H13FN4O2S. The quantitative estimate of drug-likeness (QED) is 0.538. The van der Waals surface area contributed by atoms with Crippen LogP contribution in [0.2, 0.25) is 0 Å². The molecule has 0 aliphatic heterocycles. The van der Waals surface area contributed by atoms with Gasteiger partial charge in [-0.3, -0.25) is 14.2 Å². The van der Waals surface area contributed by atoms with Gasteiger partial charge in [-0.2, -0.15) is 5.26 Å². The van der Waals surface area contributed by atoms with E-state index in [9.17, 15) is 19.2 Å². The highest BCUT2D eigenvalue weighted by Gasteiger charge is 2.20. The van der Waals surface area contributed by atoms with E-state index in [2.05, 4.69) is 11.4 Å². The van der Waals surface area contributed by atoms with Gasteiger partial charge >= 0.3 is 0 Å². The fraction of sp³-hybridized carbons (Fsp3) is 0. The molecule has 0 saturated heterocycles. The molecule has 2 aromatic carbocycles. The van der Waals surface area contributed by atoms with E-state index in [1.54, 1.807) is 30.3 Å². The fourth-order valence-electron chi connectivity index (χ4n) is 3.04. The molecule has 6 nitrogen and oxygen atoms in total. The van der Waals surface area contributed by atoms with Crippen LogP contribution in [-0.4, -0.2) is 10.5 Å². The van der Waals surface area contributed by atoms with Crippen LogP contribution in [-0.2, 0) is 0 Å². The molecular weight excluding hydrogens is 391 g/mol. The van der Waals surface area contributed by atoms with Crippen LogP contribution in [0.3, 0.4) is 0 Å². The number of nitriles is 1. The molecule has 0 unspecified atom stereocenters. The van der Waals surface area contributed by atoms with Crippen molar-refractivity contribution in [2.75, 3.05) is 5.32 Å². The highest BCUT2D eigenvalue weighted by molar-refractivity contribution is 7.21. The van der Waals surface area contributed by atoms with Gasteiger partial charge in [0.05, 0.1) is 22.6 Å². The van der Waals surface area contributed by atoms with Gasteiger partial charge in [0.25, 0.3) is 11.5 Å². The summed E-state index contributed by atoms with van der Waals surface area (Å²) in [5.74, 6) is -1.09. The maximum Gasteiger partial charge on any atom is 0.261 e. The number of primary amides is 1. The second kappa shape index (κ2) is 7.22. The van der Waals surface area contributed by atoms with Crippen molar-refractivity contribution in [3.8, 4) is 11.8 Å². The molecule has 2 aromatic heterocycles. The fourth-order valence-corrected chi connectivity index (χ4v) is 4.16. The van der Waals surface area contributed by atoms with Crippen molar-refractivity contribution in [2.45, 2.75) is 0 Å². The van der Waals surface area contributed by atoms with Gasteiger partial charge in [-0.25, -0.2) is 4.39 Å². The number of amides is 1. The van der Waals surface area contributed by atoms with Crippen molar-refractivity contribution in [3.05, 3.63) is 87.3 Å². The number of pyridine rings is 1. The normalized spacial score (nSPS) is 10.6. The first kappa shape index (κ1) is 18.4. The molecule has 0 atom stereocenters. The van der Waals surface area contributed by atoms with Crippen molar-refractivity contribution in [1.29, 1.82) is 5.26 Å². The lowest BCUT2D eigenvalue weighted by atomic mass is 10.1. The van der Waals surface area contributed by atoms with Gasteiger partial charge in [-0.1, -0.05) is 12.1 Å². The summed E-state index contributed by atoms with van der Waals surface area (Å²) < 4.78 is 14.7. The number of carbonyl (C=O) groups is 1. The van der Waals surface area contributed by atoms with E-state index in [0.717, 1.165) is 11.3 Å². The minimum absolute atomic E-state index is 0.217. The first-order valence-electron chi connectivity index (χ1n) is 8.50. The number of thiophene rings is 1. The Morgan fingerprint density at radius 2 is 1.83 bits per heavy atom. The predicted octanol–water partition coefficient (Wildman–Crippen LogP) is 3.91.